The molecule has 1 aromatic carbocycles. The smallest absolute Gasteiger partial charge is 0.344 e. The largest absolute Gasteiger partial charge is 0.419 e. The summed E-state index contributed by atoms with van der Waals surface area (Å²) in [5, 5.41) is 4.89. The van der Waals surface area contributed by atoms with Gasteiger partial charge in [0.2, 0.25) is 11.8 Å². The van der Waals surface area contributed by atoms with Crippen LogP contribution < -0.4 is 10.6 Å². The summed E-state index contributed by atoms with van der Waals surface area (Å²) < 4.78 is 51.5. The second kappa shape index (κ2) is 7.19. The van der Waals surface area contributed by atoms with Crippen LogP contribution in [0.2, 0.25) is 0 Å². The van der Waals surface area contributed by atoms with Gasteiger partial charge in [0.25, 0.3) is 0 Å². The lowest BCUT2D eigenvalue weighted by molar-refractivity contribution is -0.140. The SMILES string of the molecule is CC(=O)N[C@H](C(=O)Nc1ccc(F)c(C(F)(F)F)c1)C1CCCC1. The molecule has 132 valence electrons. The quantitative estimate of drug-likeness (QED) is 0.820. The number of alkyl halides is 3. The number of anilines is 1. The number of hydrogen-bond donors (Lipinski definition) is 2. The van der Waals surface area contributed by atoms with Gasteiger partial charge in [0, 0.05) is 12.6 Å². The van der Waals surface area contributed by atoms with Crippen molar-refractivity contribution in [2.45, 2.75) is 44.8 Å². The summed E-state index contributed by atoms with van der Waals surface area (Å²) in [5.41, 5.74) is -1.61. The molecule has 0 aliphatic heterocycles. The molecule has 0 saturated heterocycles. The Morgan fingerprint density at radius 2 is 1.83 bits per heavy atom. The monoisotopic (exact) mass is 346 g/mol. The molecular formula is C16H18F4N2O2. The van der Waals surface area contributed by atoms with E-state index in [1.165, 1.54) is 6.92 Å². The average molecular weight is 346 g/mol. The number of nitrogens with one attached hydrogen (secondary N) is 2. The molecule has 0 bridgehead atoms. The van der Waals surface area contributed by atoms with Crippen molar-refractivity contribution in [2.24, 2.45) is 5.92 Å². The number of carbonyl (C=O) groups excluding carboxylic acids is 2. The van der Waals surface area contributed by atoms with Crippen molar-refractivity contribution >= 4 is 17.5 Å². The van der Waals surface area contributed by atoms with E-state index in [4.69, 9.17) is 0 Å². The topological polar surface area (TPSA) is 58.2 Å². The Balaban J connectivity index is 2.18. The van der Waals surface area contributed by atoms with Gasteiger partial charge in [-0.25, -0.2) is 4.39 Å². The minimum absolute atomic E-state index is 0.0589. The molecule has 1 aromatic rings. The Morgan fingerprint density at radius 1 is 1.21 bits per heavy atom. The molecule has 0 radical (unpaired) electrons. The summed E-state index contributed by atoms with van der Waals surface area (Å²) in [6.07, 6.45) is -1.47. The molecule has 24 heavy (non-hydrogen) atoms. The molecular weight excluding hydrogens is 328 g/mol. The first kappa shape index (κ1) is 18.2. The van der Waals surface area contributed by atoms with E-state index in [0.717, 1.165) is 31.7 Å². The summed E-state index contributed by atoms with van der Waals surface area (Å²) in [5.74, 6) is -2.46. The van der Waals surface area contributed by atoms with Gasteiger partial charge < -0.3 is 10.6 Å². The first-order valence-corrected chi connectivity index (χ1v) is 7.63. The van der Waals surface area contributed by atoms with E-state index in [0.29, 0.717) is 12.1 Å². The maximum Gasteiger partial charge on any atom is 0.419 e. The van der Waals surface area contributed by atoms with Crippen molar-refractivity contribution in [3.05, 3.63) is 29.6 Å². The van der Waals surface area contributed by atoms with Crippen LogP contribution in [0.15, 0.2) is 18.2 Å². The molecule has 0 aromatic heterocycles. The summed E-state index contributed by atoms with van der Waals surface area (Å²) in [6, 6.07) is 1.44. The highest BCUT2D eigenvalue weighted by atomic mass is 19.4. The van der Waals surface area contributed by atoms with Gasteiger partial charge in [0.1, 0.15) is 11.9 Å². The van der Waals surface area contributed by atoms with Gasteiger partial charge in [0.15, 0.2) is 0 Å². The van der Waals surface area contributed by atoms with Crippen molar-refractivity contribution in [1.29, 1.82) is 0 Å². The van der Waals surface area contributed by atoms with Crippen molar-refractivity contribution in [3.8, 4) is 0 Å². The minimum atomic E-state index is -4.85. The lowest BCUT2D eigenvalue weighted by Gasteiger charge is -2.23. The van der Waals surface area contributed by atoms with Gasteiger partial charge in [0.05, 0.1) is 5.56 Å². The van der Waals surface area contributed by atoms with E-state index in [2.05, 4.69) is 10.6 Å². The third kappa shape index (κ3) is 4.46. The van der Waals surface area contributed by atoms with Crippen molar-refractivity contribution in [3.63, 3.8) is 0 Å². The maximum atomic E-state index is 13.3. The van der Waals surface area contributed by atoms with Gasteiger partial charge >= 0.3 is 6.18 Å². The van der Waals surface area contributed by atoms with E-state index in [9.17, 15) is 27.2 Å². The highest BCUT2D eigenvalue weighted by Crippen LogP contribution is 2.33. The third-order valence-electron chi connectivity index (χ3n) is 4.05. The molecule has 0 unspecified atom stereocenters. The van der Waals surface area contributed by atoms with Gasteiger partial charge in [-0.15, -0.1) is 0 Å². The molecule has 8 heteroatoms. The van der Waals surface area contributed by atoms with Crippen LogP contribution in [-0.2, 0) is 15.8 Å². The molecule has 2 rings (SSSR count). The van der Waals surface area contributed by atoms with Gasteiger partial charge in [-0.2, -0.15) is 13.2 Å². The lowest BCUT2D eigenvalue weighted by atomic mass is 9.97. The van der Waals surface area contributed by atoms with Crippen LogP contribution in [0.25, 0.3) is 0 Å². The van der Waals surface area contributed by atoms with Crippen molar-refractivity contribution in [1.82, 2.24) is 5.32 Å². The molecule has 1 atom stereocenters. The van der Waals surface area contributed by atoms with Crippen LogP contribution in [0.1, 0.15) is 38.2 Å². The summed E-state index contributed by atoms with van der Waals surface area (Å²) in [4.78, 5) is 23.7. The molecule has 1 fully saturated rings. The number of amides is 2. The summed E-state index contributed by atoms with van der Waals surface area (Å²) in [7, 11) is 0. The number of carbonyl (C=O) groups is 2. The van der Waals surface area contributed by atoms with Crippen molar-refractivity contribution < 1.29 is 27.2 Å². The molecule has 0 heterocycles. The average Bonchev–Trinajstić information content (AvgIpc) is 2.99. The van der Waals surface area contributed by atoms with Crippen LogP contribution in [-0.4, -0.2) is 17.9 Å². The Labute approximate surface area is 136 Å². The highest BCUT2D eigenvalue weighted by molar-refractivity contribution is 5.97. The predicted octanol–water partition coefficient (Wildman–Crippen LogP) is 3.48. The number of halogens is 4. The molecule has 2 amide bonds. The predicted molar refractivity (Wildman–Crippen MR) is 79.6 cm³/mol. The molecule has 0 spiro atoms. The fourth-order valence-electron chi connectivity index (χ4n) is 2.95. The first-order chi connectivity index (χ1) is 11.2. The number of benzene rings is 1. The summed E-state index contributed by atoms with van der Waals surface area (Å²) >= 11 is 0. The Bertz CT molecular complexity index is 625. The van der Waals surface area contributed by atoms with Gasteiger partial charge in [-0.05, 0) is 37.0 Å². The van der Waals surface area contributed by atoms with E-state index in [1.807, 2.05) is 0 Å². The first-order valence-electron chi connectivity index (χ1n) is 7.63. The van der Waals surface area contributed by atoms with E-state index < -0.39 is 35.4 Å². The zero-order valence-corrected chi connectivity index (χ0v) is 13.0. The van der Waals surface area contributed by atoms with Crippen molar-refractivity contribution in [2.75, 3.05) is 5.32 Å². The van der Waals surface area contributed by atoms with Crippen LogP contribution >= 0.6 is 0 Å². The second-order valence-electron chi connectivity index (χ2n) is 5.90. The van der Waals surface area contributed by atoms with Gasteiger partial charge in [-0.3, -0.25) is 9.59 Å². The van der Waals surface area contributed by atoms with Crippen LogP contribution in [0.3, 0.4) is 0 Å². The highest BCUT2D eigenvalue weighted by Gasteiger charge is 2.35. The third-order valence-corrected chi connectivity index (χ3v) is 4.05. The number of rotatable bonds is 4. The lowest BCUT2D eigenvalue weighted by Crippen LogP contribution is -2.47. The molecule has 2 N–H and O–H groups in total. The standard InChI is InChI=1S/C16H18F4N2O2/c1-9(23)21-14(10-4-2-3-5-10)15(24)22-11-6-7-13(17)12(8-11)16(18,19)20/h6-8,10,14H,2-5H2,1H3,(H,21,23)(H,22,24)/t14-/m0/s1. The fourth-order valence-corrected chi connectivity index (χ4v) is 2.95. The Kier molecular flexibility index (Phi) is 5.46. The maximum absolute atomic E-state index is 13.3. The van der Waals surface area contributed by atoms with Gasteiger partial charge in [-0.1, -0.05) is 12.8 Å². The second-order valence-corrected chi connectivity index (χ2v) is 5.90. The fraction of sp³-hybridized carbons (Fsp3) is 0.500. The Morgan fingerprint density at radius 3 is 2.38 bits per heavy atom. The normalized spacial score (nSPS) is 16.7. The molecule has 1 saturated carbocycles. The molecule has 1 aliphatic rings. The van der Waals surface area contributed by atoms with E-state index in [-0.39, 0.29) is 11.6 Å². The van der Waals surface area contributed by atoms with Crippen LogP contribution in [0, 0.1) is 11.7 Å². The Hall–Kier alpha value is -2.12. The van der Waals surface area contributed by atoms with Crippen LogP contribution in [0.5, 0.6) is 0 Å². The van der Waals surface area contributed by atoms with Crippen LogP contribution in [0.4, 0.5) is 23.2 Å². The minimum Gasteiger partial charge on any atom is -0.344 e. The summed E-state index contributed by atoms with van der Waals surface area (Å²) in [6.45, 7) is 1.27. The zero-order valence-electron chi connectivity index (χ0n) is 13.0. The molecule has 1 aliphatic carbocycles. The zero-order chi connectivity index (χ0) is 17.9. The molecule has 4 nitrogen and oxygen atoms in total. The van der Waals surface area contributed by atoms with E-state index >= 15 is 0 Å². The van der Waals surface area contributed by atoms with E-state index in [1.54, 1.807) is 0 Å². The number of hydrogen-bond acceptors (Lipinski definition) is 2.